The molecular weight excluding hydrogens is 252 g/mol. The highest BCUT2D eigenvalue weighted by atomic mass is 16.6. The zero-order valence-corrected chi connectivity index (χ0v) is 10.2. The van der Waals surface area contributed by atoms with Gasteiger partial charge in [-0.2, -0.15) is 0 Å². The Bertz CT molecular complexity index is 542. The van der Waals surface area contributed by atoms with Crippen LogP contribution in [0.3, 0.4) is 0 Å². The normalized spacial score (nSPS) is 14.5. The van der Waals surface area contributed by atoms with E-state index in [1.54, 1.807) is 19.2 Å². The van der Waals surface area contributed by atoms with Crippen LogP contribution >= 0.6 is 0 Å². The van der Waals surface area contributed by atoms with Gasteiger partial charge >= 0.3 is 6.03 Å². The number of carbonyl (C=O) groups is 2. The third kappa shape index (κ3) is 2.46. The van der Waals surface area contributed by atoms with E-state index >= 15 is 0 Å². The first kappa shape index (κ1) is 12.8. The Kier molecular flexibility index (Phi) is 3.32. The van der Waals surface area contributed by atoms with E-state index < -0.39 is 11.0 Å². The Morgan fingerprint density at radius 1 is 1.47 bits per heavy atom. The smallest absolute Gasteiger partial charge is 0.324 e. The molecule has 8 heteroatoms. The predicted octanol–water partition coefficient (Wildman–Crippen LogP) is 0.688. The van der Waals surface area contributed by atoms with Crippen LogP contribution in [0.5, 0.6) is 0 Å². The third-order valence-electron chi connectivity index (χ3n) is 2.81. The van der Waals surface area contributed by atoms with Crippen molar-refractivity contribution < 1.29 is 14.5 Å². The predicted molar refractivity (Wildman–Crippen MR) is 66.6 cm³/mol. The molecule has 1 fully saturated rings. The summed E-state index contributed by atoms with van der Waals surface area (Å²) in [5.74, 6) is -0.342. The van der Waals surface area contributed by atoms with Gasteiger partial charge in [0.25, 0.3) is 5.69 Å². The molecule has 3 amide bonds. The van der Waals surface area contributed by atoms with Crippen molar-refractivity contribution in [2.24, 2.45) is 0 Å². The summed E-state index contributed by atoms with van der Waals surface area (Å²) in [4.78, 5) is 34.2. The van der Waals surface area contributed by atoms with Crippen molar-refractivity contribution in [3.8, 4) is 0 Å². The van der Waals surface area contributed by atoms with Gasteiger partial charge in [0.05, 0.1) is 18.0 Å². The fourth-order valence-corrected chi connectivity index (χ4v) is 1.84. The highest BCUT2D eigenvalue weighted by Gasteiger charge is 2.28. The maximum atomic E-state index is 11.4. The van der Waals surface area contributed by atoms with Gasteiger partial charge in [-0.05, 0) is 11.6 Å². The molecule has 2 rings (SSSR count). The molecule has 2 N–H and O–H groups in total. The summed E-state index contributed by atoms with van der Waals surface area (Å²) in [6.07, 6.45) is 0. The van der Waals surface area contributed by atoms with E-state index in [1.807, 2.05) is 0 Å². The molecule has 0 saturated carbocycles. The van der Waals surface area contributed by atoms with Gasteiger partial charge in [0.2, 0.25) is 5.91 Å². The molecule has 0 aromatic heterocycles. The van der Waals surface area contributed by atoms with Crippen molar-refractivity contribution in [1.29, 1.82) is 0 Å². The first-order valence-corrected chi connectivity index (χ1v) is 5.56. The minimum atomic E-state index is -0.513. The van der Waals surface area contributed by atoms with Crippen molar-refractivity contribution >= 4 is 23.3 Å². The second-order valence-electron chi connectivity index (χ2n) is 4.00. The van der Waals surface area contributed by atoms with Crippen LogP contribution in [-0.4, -0.2) is 35.4 Å². The summed E-state index contributed by atoms with van der Waals surface area (Å²) in [6, 6.07) is 4.05. The molecule has 0 spiro atoms. The number of nitrogens with zero attached hydrogens (tertiary/aromatic N) is 2. The number of benzene rings is 1. The average molecular weight is 264 g/mol. The van der Waals surface area contributed by atoms with Crippen LogP contribution in [0.4, 0.5) is 16.2 Å². The van der Waals surface area contributed by atoms with E-state index in [9.17, 15) is 19.7 Å². The maximum Gasteiger partial charge on any atom is 0.324 e. The van der Waals surface area contributed by atoms with E-state index in [0.717, 1.165) is 4.90 Å². The van der Waals surface area contributed by atoms with Gasteiger partial charge in [0.15, 0.2) is 0 Å². The Labute approximate surface area is 108 Å². The lowest BCUT2D eigenvalue weighted by Crippen LogP contribution is -2.30. The van der Waals surface area contributed by atoms with Gasteiger partial charge in [-0.25, -0.2) is 4.79 Å². The highest BCUT2D eigenvalue weighted by Crippen LogP contribution is 2.25. The van der Waals surface area contributed by atoms with Crippen molar-refractivity contribution in [2.75, 3.05) is 18.9 Å². The van der Waals surface area contributed by atoms with Gasteiger partial charge in [0.1, 0.15) is 5.69 Å². The van der Waals surface area contributed by atoms with E-state index in [2.05, 4.69) is 10.6 Å². The minimum absolute atomic E-state index is 0.0233. The molecule has 0 aliphatic carbocycles. The average Bonchev–Trinajstić information content (AvgIpc) is 2.70. The number of hydrogen-bond acceptors (Lipinski definition) is 5. The summed E-state index contributed by atoms with van der Waals surface area (Å²) in [5, 5.41) is 16.0. The lowest BCUT2D eigenvalue weighted by molar-refractivity contribution is -0.384. The van der Waals surface area contributed by atoms with Crippen LogP contribution in [-0.2, 0) is 11.3 Å². The second-order valence-corrected chi connectivity index (χ2v) is 4.00. The number of imide groups is 1. The number of carbonyl (C=O) groups excluding carboxylic acids is 2. The van der Waals surface area contributed by atoms with Crippen LogP contribution in [0.15, 0.2) is 18.2 Å². The molecule has 1 saturated heterocycles. The number of anilines is 1. The van der Waals surface area contributed by atoms with E-state index in [4.69, 9.17) is 0 Å². The summed E-state index contributed by atoms with van der Waals surface area (Å²) in [7, 11) is 1.58. The van der Waals surface area contributed by atoms with Crippen LogP contribution in [0.2, 0.25) is 0 Å². The molecule has 1 aromatic carbocycles. The fraction of sp³-hybridized carbons (Fsp3) is 0.273. The molecule has 0 unspecified atom stereocenters. The lowest BCUT2D eigenvalue weighted by Gasteiger charge is -2.12. The van der Waals surface area contributed by atoms with Crippen molar-refractivity contribution in [3.05, 3.63) is 33.9 Å². The van der Waals surface area contributed by atoms with Crippen LogP contribution in [0, 0.1) is 10.1 Å². The standard InChI is InChI=1S/C11H12N4O4/c1-12-8-3-2-7(4-9(8)15(18)19)6-14-10(16)5-13-11(14)17/h2-4,12H,5-6H2,1H3,(H,13,17). The summed E-state index contributed by atoms with van der Waals surface area (Å²) in [5.41, 5.74) is 0.814. The minimum Gasteiger partial charge on any atom is -0.383 e. The topological polar surface area (TPSA) is 105 Å². The highest BCUT2D eigenvalue weighted by molar-refractivity contribution is 6.01. The molecule has 1 aliphatic rings. The van der Waals surface area contributed by atoms with Crippen molar-refractivity contribution in [2.45, 2.75) is 6.54 Å². The number of urea groups is 1. The Hall–Kier alpha value is -2.64. The SMILES string of the molecule is CNc1ccc(CN2C(=O)CNC2=O)cc1[N+](=O)[O-]. The van der Waals surface area contributed by atoms with Gasteiger partial charge in [-0.3, -0.25) is 19.8 Å². The Morgan fingerprint density at radius 3 is 2.74 bits per heavy atom. The van der Waals surface area contributed by atoms with Gasteiger partial charge in [-0.1, -0.05) is 6.07 Å². The zero-order valence-electron chi connectivity index (χ0n) is 10.2. The number of rotatable bonds is 4. The summed E-state index contributed by atoms with van der Waals surface area (Å²) < 4.78 is 0. The van der Waals surface area contributed by atoms with Gasteiger partial charge in [0, 0.05) is 13.1 Å². The molecule has 8 nitrogen and oxygen atoms in total. The third-order valence-corrected chi connectivity index (χ3v) is 2.81. The van der Waals surface area contributed by atoms with Crippen molar-refractivity contribution in [3.63, 3.8) is 0 Å². The van der Waals surface area contributed by atoms with Gasteiger partial charge < -0.3 is 10.6 Å². The quantitative estimate of drug-likeness (QED) is 0.473. The second kappa shape index (κ2) is 4.92. The monoisotopic (exact) mass is 264 g/mol. The summed E-state index contributed by atoms with van der Waals surface area (Å²) >= 11 is 0. The maximum absolute atomic E-state index is 11.4. The molecule has 19 heavy (non-hydrogen) atoms. The number of nitrogens with one attached hydrogen (secondary N) is 2. The number of amides is 3. The van der Waals surface area contributed by atoms with E-state index in [1.165, 1.54) is 6.07 Å². The molecule has 0 bridgehead atoms. The largest absolute Gasteiger partial charge is 0.383 e. The number of nitro groups is 1. The molecule has 1 aliphatic heterocycles. The van der Waals surface area contributed by atoms with Crippen molar-refractivity contribution in [1.82, 2.24) is 10.2 Å². The molecule has 100 valence electrons. The Morgan fingerprint density at radius 2 is 2.21 bits per heavy atom. The molecule has 0 radical (unpaired) electrons. The van der Waals surface area contributed by atoms with Crippen LogP contribution in [0.1, 0.15) is 5.56 Å². The van der Waals surface area contributed by atoms with Crippen LogP contribution < -0.4 is 10.6 Å². The number of hydrogen-bond donors (Lipinski definition) is 2. The summed E-state index contributed by atoms with van der Waals surface area (Å²) in [6.45, 7) is -0.00890. The zero-order chi connectivity index (χ0) is 14.0. The molecular formula is C11H12N4O4. The van der Waals surface area contributed by atoms with E-state index in [0.29, 0.717) is 11.3 Å². The Balaban J connectivity index is 2.26. The van der Waals surface area contributed by atoms with Gasteiger partial charge in [-0.15, -0.1) is 0 Å². The molecule has 1 aromatic rings. The molecule has 0 atom stereocenters. The van der Waals surface area contributed by atoms with E-state index in [-0.39, 0.29) is 24.7 Å². The fourth-order valence-electron chi connectivity index (χ4n) is 1.84. The van der Waals surface area contributed by atoms with Crippen LogP contribution in [0.25, 0.3) is 0 Å². The first-order chi connectivity index (χ1) is 9.02. The lowest BCUT2D eigenvalue weighted by atomic mass is 10.1. The molecule has 1 heterocycles. The first-order valence-electron chi connectivity index (χ1n) is 5.56. The number of nitro benzene ring substituents is 1.